The molecule has 0 aromatic heterocycles. The van der Waals surface area contributed by atoms with Crippen LogP contribution < -0.4 is 0 Å². The van der Waals surface area contributed by atoms with Crippen LogP contribution in [0.25, 0.3) is 6.08 Å². The first-order chi connectivity index (χ1) is 10.5. The molecule has 0 saturated carbocycles. The van der Waals surface area contributed by atoms with E-state index in [-0.39, 0.29) is 22.6 Å². The molecular weight excluding hydrogens is 336 g/mol. The van der Waals surface area contributed by atoms with Gasteiger partial charge in [0.1, 0.15) is 0 Å². The van der Waals surface area contributed by atoms with Crippen molar-refractivity contribution in [1.82, 2.24) is 9.80 Å². The van der Waals surface area contributed by atoms with Gasteiger partial charge in [0.05, 0.1) is 5.57 Å². The molecule has 3 rings (SSSR count). The van der Waals surface area contributed by atoms with Crippen LogP contribution in [0, 0.1) is 0 Å². The summed E-state index contributed by atoms with van der Waals surface area (Å²) in [5.74, 6) is -1.14. The zero-order valence-corrected chi connectivity index (χ0v) is 13.9. The Kier molecular flexibility index (Phi) is 6.69. The third-order valence-electron chi connectivity index (χ3n) is 3.20. The van der Waals surface area contributed by atoms with Crippen molar-refractivity contribution >= 4 is 23.9 Å². The SMILES string of the molecule is CN1C(=O)C(=Cc2ccc[cH-]2)C(=O)N(C)C1=O.[Fe+2].c1cc[cH-]c1. The number of nitrogens with zero attached hydrogens (tertiary/aromatic N) is 2. The Labute approximate surface area is 145 Å². The van der Waals surface area contributed by atoms with Gasteiger partial charge in [-0.15, -0.1) is 12.1 Å². The summed E-state index contributed by atoms with van der Waals surface area (Å²) < 4.78 is 0. The Hall–Kier alpha value is -2.43. The van der Waals surface area contributed by atoms with Crippen molar-refractivity contribution in [3.63, 3.8) is 0 Å². The van der Waals surface area contributed by atoms with E-state index in [9.17, 15) is 14.4 Å². The summed E-state index contributed by atoms with van der Waals surface area (Å²) in [4.78, 5) is 36.9. The molecule has 0 N–H and O–H groups in total. The number of imide groups is 2. The van der Waals surface area contributed by atoms with Gasteiger partial charge in [-0.1, -0.05) is 0 Å². The molecule has 23 heavy (non-hydrogen) atoms. The molecule has 1 aliphatic heterocycles. The summed E-state index contributed by atoms with van der Waals surface area (Å²) in [5, 5.41) is 0. The minimum absolute atomic E-state index is 0. The second-order valence-electron chi connectivity index (χ2n) is 4.75. The first kappa shape index (κ1) is 18.6. The average molecular weight is 352 g/mol. The fourth-order valence-corrected chi connectivity index (χ4v) is 1.95. The topological polar surface area (TPSA) is 57.7 Å². The van der Waals surface area contributed by atoms with Crippen LogP contribution in [0.5, 0.6) is 0 Å². The third kappa shape index (κ3) is 4.28. The number of barbiturate groups is 1. The van der Waals surface area contributed by atoms with Crippen molar-refractivity contribution in [1.29, 1.82) is 0 Å². The maximum absolute atomic E-state index is 11.8. The third-order valence-corrected chi connectivity index (χ3v) is 3.20. The van der Waals surface area contributed by atoms with Crippen LogP contribution in [-0.4, -0.2) is 41.7 Å². The molecule has 1 saturated heterocycles. The van der Waals surface area contributed by atoms with Crippen LogP contribution in [0.1, 0.15) is 5.56 Å². The molecule has 6 heteroatoms. The molecule has 0 radical (unpaired) electrons. The standard InChI is InChI=1S/C12H11N2O3.C5H5.Fe/c1-13-10(15)9(7-8-5-3-4-6-8)11(16)14(2)12(13)17;1-2-4-5-3-1;/h3-7H,1-2H3;1-5H;/q2*-1;+2. The second-order valence-corrected chi connectivity index (χ2v) is 4.75. The van der Waals surface area contributed by atoms with E-state index in [1.54, 1.807) is 12.1 Å². The molecule has 0 bridgehead atoms. The molecule has 1 fully saturated rings. The minimum Gasteiger partial charge on any atom is -0.269 e. The van der Waals surface area contributed by atoms with E-state index in [1.807, 2.05) is 42.5 Å². The van der Waals surface area contributed by atoms with Crippen LogP contribution in [0.3, 0.4) is 0 Å². The van der Waals surface area contributed by atoms with Gasteiger partial charge in [0.25, 0.3) is 11.8 Å². The zero-order chi connectivity index (χ0) is 16.1. The molecule has 4 amide bonds. The predicted molar refractivity (Wildman–Crippen MR) is 83.0 cm³/mol. The fourth-order valence-electron chi connectivity index (χ4n) is 1.95. The Morgan fingerprint density at radius 1 is 0.913 bits per heavy atom. The van der Waals surface area contributed by atoms with Crippen molar-refractivity contribution in [2.45, 2.75) is 0 Å². The normalized spacial score (nSPS) is 14.2. The van der Waals surface area contributed by atoms with Crippen molar-refractivity contribution in [3.8, 4) is 0 Å². The fraction of sp³-hybridized carbons (Fsp3) is 0.118. The van der Waals surface area contributed by atoms with Gasteiger partial charge in [-0.05, 0) is 0 Å². The molecule has 5 nitrogen and oxygen atoms in total. The molecule has 1 heterocycles. The number of amides is 4. The van der Waals surface area contributed by atoms with Crippen LogP contribution in [0.2, 0.25) is 0 Å². The maximum Gasteiger partial charge on any atom is 2.00 e. The monoisotopic (exact) mass is 352 g/mol. The zero-order valence-electron chi connectivity index (χ0n) is 12.7. The number of hydrogen-bond donors (Lipinski definition) is 0. The molecule has 1 aliphatic rings. The average Bonchev–Trinajstić information content (AvgIpc) is 3.23. The summed E-state index contributed by atoms with van der Waals surface area (Å²) in [5.41, 5.74) is 0.763. The summed E-state index contributed by atoms with van der Waals surface area (Å²) >= 11 is 0. The molecule has 120 valence electrons. The van der Waals surface area contributed by atoms with E-state index >= 15 is 0 Å². The van der Waals surface area contributed by atoms with E-state index in [0.29, 0.717) is 0 Å². The van der Waals surface area contributed by atoms with Crippen LogP contribution >= 0.6 is 0 Å². The molecular formula is C17H16FeN2O3. The van der Waals surface area contributed by atoms with Crippen LogP contribution in [0.15, 0.2) is 60.2 Å². The number of carbonyl (C=O) groups excluding carboxylic acids is 3. The van der Waals surface area contributed by atoms with Crippen molar-refractivity contribution < 1.29 is 31.5 Å². The van der Waals surface area contributed by atoms with Gasteiger partial charge >= 0.3 is 23.1 Å². The summed E-state index contributed by atoms with van der Waals surface area (Å²) in [6.45, 7) is 0. The van der Waals surface area contributed by atoms with Gasteiger partial charge in [-0.2, -0.15) is 42.0 Å². The largest absolute Gasteiger partial charge is 2.00 e. The molecule has 0 spiro atoms. The Morgan fingerprint density at radius 2 is 1.48 bits per heavy atom. The minimum atomic E-state index is -0.611. The number of rotatable bonds is 1. The quantitative estimate of drug-likeness (QED) is 0.342. The number of carbonyl (C=O) groups is 3. The van der Waals surface area contributed by atoms with Crippen LogP contribution in [0.4, 0.5) is 4.79 Å². The number of hydrogen-bond acceptors (Lipinski definition) is 3. The van der Waals surface area contributed by atoms with Gasteiger partial charge in [-0.3, -0.25) is 19.4 Å². The smallest absolute Gasteiger partial charge is 0.269 e. The first-order valence-corrected chi connectivity index (χ1v) is 6.72. The Balaban J connectivity index is 0.000000377. The molecule has 0 aliphatic carbocycles. The van der Waals surface area contributed by atoms with E-state index in [2.05, 4.69) is 0 Å². The molecule has 0 atom stereocenters. The van der Waals surface area contributed by atoms with Crippen molar-refractivity contribution in [2.24, 2.45) is 0 Å². The van der Waals surface area contributed by atoms with Crippen molar-refractivity contribution in [3.05, 3.63) is 65.7 Å². The molecule has 0 unspecified atom stereocenters. The summed E-state index contributed by atoms with van der Waals surface area (Å²) in [6, 6.07) is 16.6. The van der Waals surface area contributed by atoms with Gasteiger partial charge < -0.3 is 0 Å². The van der Waals surface area contributed by atoms with Crippen molar-refractivity contribution in [2.75, 3.05) is 14.1 Å². The van der Waals surface area contributed by atoms with E-state index in [0.717, 1.165) is 15.4 Å². The van der Waals surface area contributed by atoms with Gasteiger partial charge in [0, 0.05) is 14.1 Å². The van der Waals surface area contributed by atoms with E-state index in [4.69, 9.17) is 0 Å². The summed E-state index contributed by atoms with van der Waals surface area (Å²) in [6.07, 6.45) is 1.49. The number of urea groups is 1. The first-order valence-electron chi connectivity index (χ1n) is 6.72. The van der Waals surface area contributed by atoms with E-state index < -0.39 is 17.8 Å². The van der Waals surface area contributed by atoms with E-state index in [1.165, 1.54) is 20.2 Å². The van der Waals surface area contributed by atoms with Gasteiger partial charge in [0.2, 0.25) is 0 Å². The van der Waals surface area contributed by atoms with Crippen LogP contribution in [-0.2, 0) is 26.7 Å². The number of likely N-dealkylation sites (N-methyl/N-ethyl adjacent to an activating group) is 2. The maximum atomic E-state index is 11.8. The molecule has 2 aromatic carbocycles. The Bertz CT molecular complexity index is 644. The summed E-state index contributed by atoms with van der Waals surface area (Å²) in [7, 11) is 2.71. The predicted octanol–water partition coefficient (Wildman–Crippen LogP) is 2.24. The van der Waals surface area contributed by atoms with Gasteiger partial charge in [0.15, 0.2) is 0 Å². The molecule has 2 aromatic rings. The Morgan fingerprint density at radius 3 is 1.87 bits per heavy atom. The second kappa shape index (κ2) is 8.27. The van der Waals surface area contributed by atoms with Gasteiger partial charge in [-0.25, -0.2) is 16.9 Å².